The van der Waals surface area contributed by atoms with Crippen molar-refractivity contribution in [3.8, 4) is 5.75 Å². The molecule has 39 heavy (non-hydrogen) atoms. The molecule has 4 atom stereocenters. The molecule has 0 spiro atoms. The van der Waals surface area contributed by atoms with E-state index in [0.717, 1.165) is 5.56 Å². The maximum atomic E-state index is 13.5. The van der Waals surface area contributed by atoms with Crippen molar-refractivity contribution in [1.82, 2.24) is 5.32 Å². The van der Waals surface area contributed by atoms with Crippen molar-refractivity contribution in [3.63, 3.8) is 0 Å². The number of carbonyl (C=O) groups excluding carboxylic acids is 2. The standard InChI is InChI=1S/C29H28F2N2O6/c1-17(29(37)38)32-26(35)16-39-23-12-4-19(5-13-23)27-24(14-15-25(34)18-2-6-20(30)7-3-18)28(36)33(27)22-10-8-21(31)9-11-22/h2-13,17,24-25,27,34H,14-16H2,1H3,(H,32,35)(H,37,38)/t17-,24?,25?,27?/m0/s1. The Balaban J connectivity index is 1.47. The number of nitrogens with one attached hydrogen (secondary N) is 1. The van der Waals surface area contributed by atoms with Crippen LogP contribution in [0.1, 0.15) is 43.0 Å². The highest BCUT2D eigenvalue weighted by molar-refractivity contribution is 6.03. The molecule has 0 aromatic heterocycles. The average Bonchev–Trinajstić information content (AvgIpc) is 2.92. The van der Waals surface area contributed by atoms with Crippen molar-refractivity contribution >= 4 is 23.5 Å². The van der Waals surface area contributed by atoms with Gasteiger partial charge in [0, 0.05) is 5.69 Å². The minimum absolute atomic E-state index is 0.164. The predicted molar refractivity (Wildman–Crippen MR) is 138 cm³/mol. The highest BCUT2D eigenvalue weighted by Gasteiger charge is 2.48. The SMILES string of the molecule is C[C@H](NC(=O)COc1ccc(C2C(CCC(O)c3ccc(F)cc3)C(=O)N2c2ccc(F)cc2)cc1)C(=O)O. The Morgan fingerprint density at radius 3 is 2.15 bits per heavy atom. The lowest BCUT2D eigenvalue weighted by atomic mass is 9.78. The number of aliphatic hydroxyl groups excluding tert-OH is 1. The molecule has 1 aliphatic heterocycles. The van der Waals surface area contributed by atoms with Gasteiger partial charge in [-0.3, -0.25) is 14.4 Å². The van der Waals surface area contributed by atoms with Crippen LogP contribution in [0.5, 0.6) is 5.75 Å². The second-order valence-corrected chi connectivity index (χ2v) is 9.37. The van der Waals surface area contributed by atoms with Gasteiger partial charge in [0.2, 0.25) is 5.91 Å². The first-order valence-electron chi connectivity index (χ1n) is 12.4. The highest BCUT2D eigenvalue weighted by atomic mass is 19.1. The van der Waals surface area contributed by atoms with Crippen LogP contribution in [0, 0.1) is 17.6 Å². The van der Waals surface area contributed by atoms with Crippen LogP contribution in [0.2, 0.25) is 0 Å². The van der Waals surface area contributed by atoms with E-state index in [4.69, 9.17) is 9.84 Å². The summed E-state index contributed by atoms with van der Waals surface area (Å²) < 4.78 is 32.2. The Bertz CT molecular complexity index is 1320. The summed E-state index contributed by atoms with van der Waals surface area (Å²) in [6.07, 6.45) is -0.231. The summed E-state index contributed by atoms with van der Waals surface area (Å²) in [6, 6.07) is 16.5. The highest BCUT2D eigenvalue weighted by Crippen LogP contribution is 2.46. The number of hydrogen-bond acceptors (Lipinski definition) is 5. The fraction of sp³-hybridized carbons (Fsp3) is 0.276. The van der Waals surface area contributed by atoms with Crippen molar-refractivity contribution in [3.05, 3.63) is 95.6 Å². The molecule has 3 unspecified atom stereocenters. The number of nitrogens with zero attached hydrogens (tertiary/aromatic N) is 1. The Morgan fingerprint density at radius 2 is 1.56 bits per heavy atom. The Morgan fingerprint density at radius 1 is 0.974 bits per heavy atom. The molecule has 1 fully saturated rings. The van der Waals surface area contributed by atoms with Gasteiger partial charge in [0.05, 0.1) is 18.1 Å². The van der Waals surface area contributed by atoms with Gasteiger partial charge < -0.3 is 25.2 Å². The lowest BCUT2D eigenvalue weighted by Crippen LogP contribution is -2.55. The predicted octanol–water partition coefficient (Wildman–Crippen LogP) is 4.15. The molecule has 0 radical (unpaired) electrons. The minimum Gasteiger partial charge on any atom is -0.484 e. The van der Waals surface area contributed by atoms with Gasteiger partial charge in [0.15, 0.2) is 6.61 Å². The number of hydrogen-bond donors (Lipinski definition) is 3. The van der Waals surface area contributed by atoms with Gasteiger partial charge in [-0.2, -0.15) is 0 Å². The molecule has 8 nitrogen and oxygen atoms in total. The van der Waals surface area contributed by atoms with Crippen LogP contribution in [0.25, 0.3) is 0 Å². The van der Waals surface area contributed by atoms with Crippen LogP contribution in [0.15, 0.2) is 72.8 Å². The summed E-state index contributed by atoms with van der Waals surface area (Å²) in [5.74, 6) is -2.82. The molecule has 0 bridgehead atoms. The zero-order valence-electron chi connectivity index (χ0n) is 21.1. The second kappa shape index (κ2) is 12.0. The van der Waals surface area contributed by atoms with Crippen LogP contribution in [0.4, 0.5) is 14.5 Å². The number of carboxylic acids is 1. The number of benzene rings is 3. The fourth-order valence-electron chi connectivity index (χ4n) is 4.54. The van der Waals surface area contributed by atoms with Crippen LogP contribution in [-0.2, 0) is 14.4 Å². The summed E-state index contributed by atoms with van der Waals surface area (Å²) in [5, 5.41) is 21.8. The van der Waals surface area contributed by atoms with Crippen molar-refractivity contribution in [2.75, 3.05) is 11.5 Å². The molecule has 3 aromatic carbocycles. The lowest BCUT2D eigenvalue weighted by molar-refractivity contribution is -0.141. The Kier molecular flexibility index (Phi) is 8.55. The van der Waals surface area contributed by atoms with Crippen molar-refractivity contribution in [2.24, 2.45) is 5.92 Å². The number of aliphatic hydroxyl groups is 1. The number of anilines is 1. The number of ether oxygens (including phenoxy) is 1. The van der Waals surface area contributed by atoms with E-state index in [9.17, 15) is 28.3 Å². The summed E-state index contributed by atoms with van der Waals surface area (Å²) in [6.45, 7) is 0.974. The minimum atomic E-state index is -1.16. The maximum absolute atomic E-state index is 13.5. The van der Waals surface area contributed by atoms with Gasteiger partial charge in [-0.25, -0.2) is 8.78 Å². The van der Waals surface area contributed by atoms with Gasteiger partial charge in [-0.1, -0.05) is 24.3 Å². The largest absolute Gasteiger partial charge is 0.484 e. The van der Waals surface area contributed by atoms with Gasteiger partial charge >= 0.3 is 5.97 Å². The molecule has 0 aliphatic carbocycles. The number of halogens is 2. The van der Waals surface area contributed by atoms with Gasteiger partial charge in [-0.15, -0.1) is 0 Å². The van der Waals surface area contributed by atoms with E-state index in [-0.39, 0.29) is 18.9 Å². The first-order chi connectivity index (χ1) is 18.6. The quantitative estimate of drug-likeness (QED) is 0.316. The molecular weight excluding hydrogens is 510 g/mol. The molecule has 1 heterocycles. The number of β-lactam (4-membered cyclic amide) rings is 1. The zero-order chi connectivity index (χ0) is 28.1. The molecule has 3 aromatic rings. The second-order valence-electron chi connectivity index (χ2n) is 9.37. The van der Waals surface area contributed by atoms with Gasteiger partial charge in [0.25, 0.3) is 5.91 Å². The first-order valence-corrected chi connectivity index (χ1v) is 12.4. The van der Waals surface area contributed by atoms with E-state index in [0.29, 0.717) is 23.4 Å². The monoisotopic (exact) mass is 538 g/mol. The number of carbonyl (C=O) groups is 3. The molecule has 2 amide bonds. The maximum Gasteiger partial charge on any atom is 0.325 e. The smallest absolute Gasteiger partial charge is 0.325 e. The molecule has 204 valence electrons. The summed E-state index contributed by atoms with van der Waals surface area (Å²) in [5.41, 5.74) is 1.86. The van der Waals surface area contributed by atoms with E-state index in [1.807, 2.05) is 0 Å². The summed E-state index contributed by atoms with van der Waals surface area (Å²) >= 11 is 0. The van der Waals surface area contributed by atoms with Crippen LogP contribution in [-0.4, -0.2) is 40.6 Å². The van der Waals surface area contributed by atoms with Crippen molar-refractivity contribution in [1.29, 1.82) is 0 Å². The third-order valence-electron chi connectivity index (χ3n) is 6.66. The molecule has 1 aliphatic rings. The summed E-state index contributed by atoms with van der Waals surface area (Å²) in [7, 11) is 0. The van der Waals surface area contributed by atoms with Crippen LogP contribution < -0.4 is 15.0 Å². The van der Waals surface area contributed by atoms with Crippen LogP contribution in [0.3, 0.4) is 0 Å². The molecule has 1 saturated heterocycles. The number of rotatable bonds is 11. The molecule has 10 heteroatoms. The first kappa shape index (κ1) is 27.7. The van der Waals surface area contributed by atoms with E-state index < -0.39 is 47.6 Å². The average molecular weight is 539 g/mol. The summed E-state index contributed by atoms with van der Waals surface area (Å²) in [4.78, 5) is 37.5. The normalized spacial score (nSPS) is 18.2. The van der Waals surface area contributed by atoms with Crippen LogP contribution >= 0.6 is 0 Å². The molecule has 0 saturated carbocycles. The van der Waals surface area contributed by atoms with Crippen molar-refractivity contribution in [2.45, 2.75) is 38.0 Å². The van der Waals surface area contributed by atoms with Gasteiger partial charge in [-0.05, 0) is 79.4 Å². The van der Waals surface area contributed by atoms with Gasteiger partial charge in [0.1, 0.15) is 23.4 Å². The van der Waals surface area contributed by atoms with E-state index in [2.05, 4.69) is 5.32 Å². The number of aliphatic carboxylic acids is 1. The number of amides is 2. The van der Waals surface area contributed by atoms with Crippen molar-refractivity contribution < 1.29 is 38.1 Å². The third-order valence-corrected chi connectivity index (χ3v) is 6.66. The van der Waals surface area contributed by atoms with E-state index in [1.54, 1.807) is 29.2 Å². The number of carboxylic acid groups (broad SMARTS) is 1. The Hall–Kier alpha value is -4.31. The third kappa shape index (κ3) is 6.58. The zero-order valence-corrected chi connectivity index (χ0v) is 21.1. The molecular formula is C29H28F2N2O6. The lowest BCUT2D eigenvalue weighted by Gasteiger charge is -2.48. The van der Waals surface area contributed by atoms with E-state index >= 15 is 0 Å². The molecule has 3 N–H and O–H groups in total. The fourth-order valence-corrected chi connectivity index (χ4v) is 4.54. The van der Waals surface area contributed by atoms with E-state index in [1.165, 1.54) is 55.5 Å². The molecule has 4 rings (SSSR count). The topological polar surface area (TPSA) is 116 Å². The Labute approximate surface area is 223 Å².